The number of rotatable bonds is 31. The van der Waals surface area contributed by atoms with Crippen molar-refractivity contribution in [2.75, 3.05) is 145 Å². The Morgan fingerprint density at radius 2 is 0.740 bits per heavy atom. The largest absolute Gasteiger partial charge is 0.456 e. The number of ether oxygens (including phenoxy) is 15. The average Bonchev–Trinajstić information content (AvgIpc) is 1.69. The Labute approximate surface area is 576 Å². The van der Waals surface area contributed by atoms with Gasteiger partial charge in [0.25, 0.3) is 30.7 Å². The Hall–Kier alpha value is -6.35. The molecule has 10 aliphatic heterocycles. The summed E-state index contributed by atoms with van der Waals surface area (Å²) < 4.78 is 79.7. The molecule has 10 rings (SSSR count). The van der Waals surface area contributed by atoms with Crippen LogP contribution in [0.1, 0.15) is 54.4 Å². The molecule has 0 radical (unpaired) electrons. The maximum Gasteiger partial charge on any atom is 0.303 e. The Kier molecular flexibility index (Phi) is 39.8. The summed E-state index contributed by atoms with van der Waals surface area (Å²) in [4.78, 5) is 117. The van der Waals surface area contributed by atoms with Gasteiger partial charge in [-0.25, -0.2) is 0 Å². The normalized spacial score (nSPS) is 31.7. The van der Waals surface area contributed by atoms with E-state index < -0.39 is 122 Å². The molecule has 576 valence electrons. The van der Waals surface area contributed by atoms with E-state index in [4.69, 9.17) is 88.8 Å². The van der Waals surface area contributed by atoms with E-state index in [9.17, 15) is 74.9 Å². The molecule has 10 fully saturated rings. The van der Waals surface area contributed by atoms with Crippen molar-refractivity contribution in [3.8, 4) is 0 Å². The lowest BCUT2D eigenvalue weighted by molar-refractivity contribution is -0.769. The molecule has 20 atom stereocenters. The second kappa shape index (κ2) is 46.3. The van der Waals surface area contributed by atoms with E-state index in [1.165, 1.54) is 26.6 Å². The van der Waals surface area contributed by atoms with Crippen molar-refractivity contribution in [1.82, 2.24) is 15.5 Å². The molecule has 6 N–H and O–H groups in total. The van der Waals surface area contributed by atoms with Crippen molar-refractivity contribution >= 4 is 34.6 Å². The van der Waals surface area contributed by atoms with Crippen LogP contribution in [0.5, 0.6) is 0 Å². The molecule has 0 spiro atoms. The van der Waals surface area contributed by atoms with Crippen LogP contribution in [-0.4, -0.2) is 331 Å². The van der Waals surface area contributed by atoms with Gasteiger partial charge in [0.2, 0.25) is 11.8 Å². The molecule has 10 aliphatic rings. The fourth-order valence-electron chi connectivity index (χ4n) is 11.0. The predicted molar refractivity (Wildman–Crippen MR) is 325 cm³/mol. The second-order valence-corrected chi connectivity index (χ2v) is 22.7. The quantitative estimate of drug-likeness (QED) is 0.0147. The van der Waals surface area contributed by atoms with E-state index in [1.807, 2.05) is 6.92 Å². The summed E-state index contributed by atoms with van der Waals surface area (Å²) in [7, 11) is 0. The van der Waals surface area contributed by atoms with Gasteiger partial charge >= 0.3 is 5.97 Å². The van der Waals surface area contributed by atoms with Crippen LogP contribution in [0, 0.1) is 50.6 Å². The molecule has 0 saturated carbocycles. The Morgan fingerprint density at radius 3 is 1.00 bits per heavy atom. The van der Waals surface area contributed by atoms with Gasteiger partial charge < -0.3 is 127 Å². The van der Waals surface area contributed by atoms with Gasteiger partial charge in [0.1, 0.15) is 98.2 Å². The van der Waals surface area contributed by atoms with Crippen LogP contribution in [0.3, 0.4) is 0 Å². The topological polar surface area (TPSA) is 562 Å². The fraction of sp³-hybridized carbons (Fsp3) is 0.926. The van der Waals surface area contributed by atoms with E-state index in [2.05, 4.69) is 65.2 Å². The number of aliphatic hydroxyl groups excluding tert-OH is 2. The highest BCUT2D eigenvalue weighted by molar-refractivity contribution is 6.64. The van der Waals surface area contributed by atoms with Crippen LogP contribution in [0.4, 0.5) is 0 Å². The number of carbonyl (C=O) groups excluding carboxylic acids is 4. The number of fused-ring (bicyclic) bond motifs is 5. The average molecular weight is 1480 g/mol. The number of aliphatic hydroxyl groups is 2. The molecule has 0 aliphatic carbocycles. The highest BCUT2D eigenvalue weighted by Gasteiger charge is 2.54. The smallest absolute Gasteiger partial charge is 0.303 e. The van der Waals surface area contributed by atoms with Gasteiger partial charge in [-0.3, -0.25) is 19.2 Å². The SMILES string of the molecule is CC(=O)OCC(=O)Cl.CCC(=O)NCCO[C@@H]1CO[C@H]2[C@@H]1OC[C@@H]2O[N+](=O)[O-].CCCO[C@@H]1CO[C@H]2[C@@H]1OC[C@@H]2O[N+](=O)[O-].CCN(CC)CC.NCCO[C@@H]1CO[C@H]2[C@@H]1OC[C@@H]2O[N+](=O)[O-].O=C(CO)NCCO[C@@H]1CO[C@H]2[C@@H]1OC[C@@H]2O[N+](=O)[O-].O=[N+]([O-])O[C@H]1CO[C@H]2[C@@H]1OC[C@H]2O. The second-order valence-electron chi connectivity index (χ2n) is 22.3. The van der Waals surface area contributed by atoms with Crippen LogP contribution in [0.25, 0.3) is 0 Å². The molecular formula is C54H92ClN9O36. The first kappa shape index (κ1) is 86.1. The van der Waals surface area contributed by atoms with E-state index in [1.54, 1.807) is 6.92 Å². The minimum absolute atomic E-state index is 0.0364. The number of hydrogen-bond donors (Lipinski definition) is 5. The van der Waals surface area contributed by atoms with Crippen LogP contribution < -0.4 is 16.4 Å². The first-order valence-corrected chi connectivity index (χ1v) is 32.5. The summed E-state index contributed by atoms with van der Waals surface area (Å²) >= 11 is 4.81. The summed E-state index contributed by atoms with van der Waals surface area (Å²) in [5, 5.41) is 69.2. The van der Waals surface area contributed by atoms with Gasteiger partial charge in [0.05, 0.1) is 85.9 Å². The molecule has 10 heterocycles. The van der Waals surface area contributed by atoms with E-state index in [0.717, 1.165) is 6.42 Å². The zero-order chi connectivity index (χ0) is 73.8. The maximum atomic E-state index is 11.0. The van der Waals surface area contributed by atoms with Crippen molar-refractivity contribution in [2.45, 2.75) is 176 Å². The van der Waals surface area contributed by atoms with Crippen LogP contribution in [-0.2, 0) is 114 Å². The van der Waals surface area contributed by atoms with Gasteiger partial charge in [-0.1, -0.05) is 34.6 Å². The zero-order valence-electron chi connectivity index (χ0n) is 55.9. The maximum absolute atomic E-state index is 11.0. The van der Waals surface area contributed by atoms with Crippen molar-refractivity contribution in [3.63, 3.8) is 0 Å². The number of halogens is 1. The first-order valence-electron chi connectivity index (χ1n) is 32.1. The van der Waals surface area contributed by atoms with Gasteiger partial charge in [0, 0.05) is 39.6 Å². The Morgan fingerprint density at radius 1 is 0.460 bits per heavy atom. The monoisotopic (exact) mass is 1480 g/mol. The molecule has 0 aromatic carbocycles. The number of hydrogen-bond acceptors (Lipinski definition) is 38. The number of carbonyl (C=O) groups is 4. The number of nitrogens with two attached hydrogens (primary N) is 1. The molecule has 0 unspecified atom stereocenters. The fourth-order valence-corrected chi connectivity index (χ4v) is 11.1. The third-order valence-electron chi connectivity index (χ3n) is 15.6. The third kappa shape index (κ3) is 29.2. The Bertz CT molecular complexity index is 2360. The minimum Gasteiger partial charge on any atom is -0.456 e. The van der Waals surface area contributed by atoms with Crippen molar-refractivity contribution in [2.24, 2.45) is 5.73 Å². The molecule has 0 aromatic heterocycles. The summed E-state index contributed by atoms with van der Waals surface area (Å²) in [5.74, 6) is -1.02. The number of esters is 1. The first-order chi connectivity index (χ1) is 47.8. The lowest BCUT2D eigenvalue weighted by Gasteiger charge is -2.16. The van der Waals surface area contributed by atoms with Crippen molar-refractivity contribution in [1.29, 1.82) is 0 Å². The highest BCUT2D eigenvalue weighted by atomic mass is 35.5. The van der Waals surface area contributed by atoms with E-state index in [0.29, 0.717) is 59.2 Å². The number of nitrogens with one attached hydrogen (secondary N) is 2. The van der Waals surface area contributed by atoms with E-state index in [-0.39, 0.29) is 121 Å². The summed E-state index contributed by atoms with van der Waals surface area (Å²) in [6.07, 6.45) is -7.89. The zero-order valence-corrected chi connectivity index (χ0v) is 56.7. The molecule has 100 heavy (non-hydrogen) atoms. The molecule has 0 bridgehead atoms. The van der Waals surface area contributed by atoms with Gasteiger partial charge in [-0.05, 0) is 37.7 Å². The summed E-state index contributed by atoms with van der Waals surface area (Å²) in [6, 6.07) is 0. The molecule has 46 heteroatoms. The predicted octanol–water partition coefficient (Wildman–Crippen LogP) is -3.63. The van der Waals surface area contributed by atoms with Crippen molar-refractivity contribution < 1.29 is 150 Å². The molecule has 45 nitrogen and oxygen atoms in total. The number of amides is 2. The highest BCUT2D eigenvalue weighted by Crippen LogP contribution is 2.34. The standard InChI is InChI=1S/C11H18N2O7.C10H16N2O8.C9H15NO6.C8H14N2O6.C6H9NO6.C6H15N.C4H5ClO3/c1-2-9(14)12-3-4-17-7-5-18-11-8(20-13(15)16)6-19-10(7)11;13-3-8(14)11-1-2-17-6-4-18-10-7(20-12(15)16)5-19-9(6)10;1-2-3-13-6-4-14-9-7(16-10(11)12)5-15-8(6)9;9-1-2-13-5-3-14-8-6(16-10(11)12)4-15-7(5)8;8-3-1-11-6-4(13-7(9)10)2-12-5(3)6;1-4-7(5-2)6-3;1-3(6)8-2-4(5)7/h7-8,10-11H,2-6H2,1H3,(H,12,14);6-7,9-10,13H,1-5H2,(H,11,14);6-9H,2-5H2,1H3;5-8H,1-4,9H2;3-6,8H,1-2H2;4-6H2,1-3H3;2H2,1H3/t7-,8+,10-,11-;6-,7+,9-,10-;6-,7+,8-,9-;5-,6+,7-,8-;3-,4+,5-,6-;;/m11111../s1. The molecule has 0 aromatic rings. The summed E-state index contributed by atoms with van der Waals surface area (Å²) in [5.41, 5.74) is 5.32. The minimum atomic E-state index is -0.871. The van der Waals surface area contributed by atoms with Crippen molar-refractivity contribution in [3.05, 3.63) is 50.6 Å². The lowest BCUT2D eigenvalue weighted by Crippen LogP contribution is -2.36. The lowest BCUT2D eigenvalue weighted by atomic mass is 10.1. The van der Waals surface area contributed by atoms with Crippen LogP contribution in [0.2, 0.25) is 0 Å². The number of nitrogens with zero attached hydrogens (tertiary/aromatic N) is 6. The van der Waals surface area contributed by atoms with Gasteiger partial charge in [0.15, 0.2) is 37.1 Å². The third-order valence-corrected chi connectivity index (χ3v) is 15.7. The molecule has 10 saturated heterocycles. The Balaban J connectivity index is 0.000000254. The van der Waals surface area contributed by atoms with Crippen LogP contribution >= 0.6 is 11.6 Å². The van der Waals surface area contributed by atoms with Gasteiger partial charge in [-0.15, -0.1) is 50.6 Å². The molecular weight excluding hydrogens is 1390 g/mol. The van der Waals surface area contributed by atoms with Gasteiger partial charge in [-0.2, -0.15) is 0 Å². The van der Waals surface area contributed by atoms with E-state index >= 15 is 0 Å². The summed E-state index contributed by atoms with van der Waals surface area (Å²) in [6.45, 7) is 19.0. The molecule has 2 amide bonds. The van der Waals surface area contributed by atoms with Crippen LogP contribution in [0.15, 0.2) is 0 Å².